The lowest BCUT2D eigenvalue weighted by molar-refractivity contribution is -0.156. The molecule has 1 saturated heterocycles. The number of rotatable bonds is 4. The van der Waals surface area contributed by atoms with Crippen molar-refractivity contribution in [3.05, 3.63) is 29.8 Å². The number of fused-ring (bicyclic) bond motifs is 1. The van der Waals surface area contributed by atoms with Gasteiger partial charge in [0.2, 0.25) is 0 Å². The Morgan fingerprint density at radius 1 is 1.30 bits per heavy atom. The van der Waals surface area contributed by atoms with Gasteiger partial charge in [-0.1, -0.05) is 18.2 Å². The van der Waals surface area contributed by atoms with Crippen LogP contribution < -0.4 is 10.2 Å². The number of hydrogen-bond donors (Lipinski definition) is 1. The minimum absolute atomic E-state index is 0.114. The molecule has 1 aromatic rings. The normalized spacial score (nSPS) is 24.6. The third-order valence-electron chi connectivity index (χ3n) is 4.81. The number of esters is 1. The van der Waals surface area contributed by atoms with Gasteiger partial charge in [-0.15, -0.1) is 0 Å². The van der Waals surface area contributed by atoms with Crippen LogP contribution in [0.25, 0.3) is 0 Å². The molecule has 0 bridgehead atoms. The second-order valence-corrected chi connectivity index (χ2v) is 5.96. The Bertz CT molecular complexity index is 612. The van der Waals surface area contributed by atoms with E-state index in [1.807, 2.05) is 29.2 Å². The van der Waals surface area contributed by atoms with E-state index < -0.39 is 11.6 Å². The Morgan fingerprint density at radius 3 is 2.65 bits per heavy atom. The first-order chi connectivity index (χ1) is 11.1. The molecule has 0 spiro atoms. The molecule has 0 aromatic heterocycles. The fraction of sp³-hybridized carbons (Fsp3) is 0.529. The Hall–Kier alpha value is -1.92. The molecule has 1 amide bonds. The molecule has 2 aliphatic heterocycles. The first kappa shape index (κ1) is 16.0. The zero-order valence-corrected chi connectivity index (χ0v) is 13.5. The van der Waals surface area contributed by atoms with Gasteiger partial charge in [-0.3, -0.25) is 9.59 Å². The Kier molecular flexibility index (Phi) is 4.37. The molecule has 124 valence electrons. The minimum Gasteiger partial charge on any atom is -0.469 e. The van der Waals surface area contributed by atoms with Crippen molar-refractivity contribution in [1.29, 1.82) is 0 Å². The predicted octanol–water partition coefficient (Wildman–Crippen LogP) is 1.19. The average molecular weight is 318 g/mol. The van der Waals surface area contributed by atoms with E-state index in [9.17, 15) is 9.59 Å². The number of methoxy groups -OCH3 is 2. The fourth-order valence-electron chi connectivity index (χ4n) is 3.59. The molecule has 1 atom stereocenters. The maximum absolute atomic E-state index is 13.2. The van der Waals surface area contributed by atoms with E-state index in [4.69, 9.17) is 9.47 Å². The first-order valence-electron chi connectivity index (χ1n) is 7.90. The number of piperidine rings is 1. The molecule has 1 unspecified atom stereocenters. The fourth-order valence-corrected chi connectivity index (χ4v) is 3.59. The van der Waals surface area contributed by atoms with Gasteiger partial charge in [-0.05, 0) is 32.0 Å². The molecule has 6 heteroatoms. The highest BCUT2D eigenvalue weighted by Gasteiger charge is 2.54. The van der Waals surface area contributed by atoms with Gasteiger partial charge in [0.25, 0.3) is 5.91 Å². The van der Waals surface area contributed by atoms with Gasteiger partial charge in [0.1, 0.15) is 0 Å². The quantitative estimate of drug-likeness (QED) is 0.845. The molecule has 6 nitrogen and oxygen atoms in total. The third kappa shape index (κ3) is 2.52. The maximum Gasteiger partial charge on any atom is 0.309 e. The van der Waals surface area contributed by atoms with Crippen LogP contribution in [0.15, 0.2) is 24.3 Å². The van der Waals surface area contributed by atoms with Crippen LogP contribution in [0, 0.1) is 0 Å². The SMILES string of the molecule is COC(=O)CC1(OC)C(=O)N(C2CCNCC2)c2ccccc21. The van der Waals surface area contributed by atoms with Gasteiger partial charge >= 0.3 is 5.97 Å². The molecule has 2 aliphatic rings. The van der Waals surface area contributed by atoms with Crippen molar-refractivity contribution < 1.29 is 19.1 Å². The smallest absolute Gasteiger partial charge is 0.309 e. The summed E-state index contributed by atoms with van der Waals surface area (Å²) in [6.45, 7) is 1.77. The van der Waals surface area contributed by atoms with Crippen LogP contribution >= 0.6 is 0 Å². The zero-order valence-electron chi connectivity index (χ0n) is 13.5. The third-order valence-corrected chi connectivity index (χ3v) is 4.81. The van der Waals surface area contributed by atoms with Crippen LogP contribution in [0.2, 0.25) is 0 Å². The molecule has 1 N–H and O–H groups in total. The monoisotopic (exact) mass is 318 g/mol. The molecule has 0 aliphatic carbocycles. The molecule has 23 heavy (non-hydrogen) atoms. The topological polar surface area (TPSA) is 67.9 Å². The van der Waals surface area contributed by atoms with E-state index in [1.165, 1.54) is 14.2 Å². The van der Waals surface area contributed by atoms with E-state index >= 15 is 0 Å². The van der Waals surface area contributed by atoms with Gasteiger partial charge in [-0.2, -0.15) is 0 Å². The summed E-state index contributed by atoms with van der Waals surface area (Å²) in [5.41, 5.74) is 0.306. The number of ether oxygens (including phenoxy) is 2. The van der Waals surface area contributed by atoms with E-state index in [-0.39, 0.29) is 18.4 Å². The second-order valence-electron chi connectivity index (χ2n) is 5.96. The van der Waals surface area contributed by atoms with Crippen molar-refractivity contribution in [3.8, 4) is 0 Å². The van der Waals surface area contributed by atoms with Gasteiger partial charge in [0, 0.05) is 18.7 Å². The number of anilines is 1. The highest BCUT2D eigenvalue weighted by Crippen LogP contribution is 2.46. The number of hydrogen-bond acceptors (Lipinski definition) is 5. The second kappa shape index (κ2) is 6.29. The van der Waals surface area contributed by atoms with E-state index in [0.717, 1.165) is 37.2 Å². The van der Waals surface area contributed by atoms with Crippen LogP contribution in [0.1, 0.15) is 24.8 Å². The number of nitrogens with zero attached hydrogens (tertiary/aromatic N) is 1. The van der Waals surface area contributed by atoms with Crippen LogP contribution in [0.3, 0.4) is 0 Å². The summed E-state index contributed by atoms with van der Waals surface area (Å²) in [6, 6.07) is 7.68. The lowest BCUT2D eigenvalue weighted by atomic mass is 9.91. The Balaban J connectivity index is 2.04. The number of carbonyl (C=O) groups is 2. The van der Waals surface area contributed by atoms with Gasteiger partial charge in [-0.25, -0.2) is 0 Å². The molecule has 3 rings (SSSR count). The van der Waals surface area contributed by atoms with Gasteiger partial charge in [0.05, 0.1) is 19.2 Å². The van der Waals surface area contributed by atoms with Crippen molar-refractivity contribution in [3.63, 3.8) is 0 Å². The summed E-state index contributed by atoms with van der Waals surface area (Å²) >= 11 is 0. The van der Waals surface area contributed by atoms with Gasteiger partial charge < -0.3 is 19.7 Å². The summed E-state index contributed by atoms with van der Waals surface area (Å²) < 4.78 is 10.4. The van der Waals surface area contributed by atoms with Crippen molar-refractivity contribution in [2.45, 2.75) is 30.9 Å². The summed E-state index contributed by atoms with van der Waals surface area (Å²) in [4.78, 5) is 26.9. The number of para-hydroxylation sites is 1. The predicted molar refractivity (Wildman–Crippen MR) is 85.1 cm³/mol. The number of carbonyl (C=O) groups excluding carboxylic acids is 2. The van der Waals surface area contributed by atoms with Crippen molar-refractivity contribution in [2.75, 3.05) is 32.2 Å². The standard InChI is InChI=1S/C17H22N2O4/c1-22-15(20)11-17(23-2)13-5-3-4-6-14(13)19(16(17)21)12-7-9-18-10-8-12/h3-6,12,18H,7-11H2,1-2H3. The van der Waals surface area contributed by atoms with Crippen LogP contribution in [-0.4, -0.2) is 45.2 Å². The summed E-state index contributed by atoms with van der Waals surface area (Å²) in [5.74, 6) is -0.624. The molecular weight excluding hydrogens is 296 g/mol. The molecular formula is C17H22N2O4. The molecule has 1 fully saturated rings. The van der Waals surface area contributed by atoms with Crippen LogP contribution in [0.5, 0.6) is 0 Å². The lowest BCUT2D eigenvalue weighted by Crippen LogP contribution is -2.50. The van der Waals surface area contributed by atoms with Gasteiger partial charge in [0.15, 0.2) is 5.60 Å². The molecule has 1 aromatic carbocycles. The average Bonchev–Trinajstić information content (AvgIpc) is 2.84. The highest BCUT2D eigenvalue weighted by atomic mass is 16.5. The van der Waals surface area contributed by atoms with Crippen LogP contribution in [0.4, 0.5) is 5.69 Å². The van der Waals surface area contributed by atoms with Crippen molar-refractivity contribution in [2.24, 2.45) is 0 Å². The van der Waals surface area contributed by atoms with Crippen LogP contribution in [-0.2, 0) is 24.7 Å². The molecule has 0 saturated carbocycles. The maximum atomic E-state index is 13.2. The summed E-state index contributed by atoms with van der Waals surface area (Å²) in [7, 11) is 2.80. The van der Waals surface area contributed by atoms with Crippen molar-refractivity contribution >= 4 is 17.6 Å². The highest BCUT2D eigenvalue weighted by molar-refractivity contribution is 6.09. The Labute approximate surface area is 135 Å². The lowest BCUT2D eigenvalue weighted by Gasteiger charge is -2.33. The molecule has 0 radical (unpaired) electrons. The first-order valence-corrected chi connectivity index (χ1v) is 7.90. The zero-order chi connectivity index (χ0) is 16.4. The minimum atomic E-state index is -1.28. The summed E-state index contributed by atoms with van der Waals surface area (Å²) in [5, 5.41) is 3.31. The number of benzene rings is 1. The number of nitrogens with one attached hydrogen (secondary N) is 1. The largest absolute Gasteiger partial charge is 0.469 e. The number of amides is 1. The molecule has 2 heterocycles. The van der Waals surface area contributed by atoms with Crippen molar-refractivity contribution in [1.82, 2.24) is 5.32 Å². The Morgan fingerprint density at radius 2 is 2.00 bits per heavy atom. The summed E-state index contributed by atoms with van der Waals surface area (Å²) in [6.07, 6.45) is 1.66. The van der Waals surface area contributed by atoms with E-state index in [2.05, 4.69) is 5.32 Å². The van der Waals surface area contributed by atoms with E-state index in [1.54, 1.807) is 0 Å². The van der Waals surface area contributed by atoms with E-state index in [0.29, 0.717) is 0 Å².